The van der Waals surface area contributed by atoms with E-state index in [0.717, 1.165) is 55.4 Å². The lowest BCUT2D eigenvalue weighted by molar-refractivity contribution is 0.476. The summed E-state index contributed by atoms with van der Waals surface area (Å²) in [5, 5.41) is 12.6. The molecule has 36 heavy (non-hydrogen) atoms. The largest absolute Gasteiger partial charge is 0.507 e. The highest BCUT2D eigenvalue weighted by Gasteiger charge is 2.20. The molecule has 0 saturated carbocycles. The number of fused-ring (bicyclic) bond motifs is 4. The van der Waals surface area contributed by atoms with E-state index in [4.69, 9.17) is 9.40 Å². The van der Waals surface area contributed by atoms with Crippen LogP contribution in [-0.4, -0.2) is 19.6 Å². The van der Waals surface area contributed by atoms with Gasteiger partial charge in [-0.1, -0.05) is 48.5 Å². The highest BCUT2D eigenvalue weighted by Crippen LogP contribution is 2.42. The normalized spacial score (nSPS) is 11.6. The van der Waals surface area contributed by atoms with Crippen molar-refractivity contribution in [3.05, 3.63) is 103 Å². The van der Waals surface area contributed by atoms with Crippen molar-refractivity contribution in [1.29, 1.82) is 0 Å². The Morgan fingerprint density at radius 2 is 1.56 bits per heavy atom. The van der Waals surface area contributed by atoms with Crippen molar-refractivity contribution in [2.45, 2.75) is 0 Å². The molecule has 0 unspecified atom stereocenters. The van der Waals surface area contributed by atoms with Crippen molar-refractivity contribution in [2.24, 2.45) is 7.05 Å². The van der Waals surface area contributed by atoms with Gasteiger partial charge in [-0.05, 0) is 48.5 Å². The number of furan rings is 1. The number of pyridine rings is 1. The van der Waals surface area contributed by atoms with Crippen molar-refractivity contribution in [2.75, 3.05) is 0 Å². The Labute approximate surface area is 206 Å². The second-order valence-electron chi connectivity index (χ2n) is 8.90. The lowest BCUT2D eigenvalue weighted by atomic mass is 9.97. The molecule has 172 valence electrons. The molecule has 7 aromatic rings. The number of aryl methyl sites for hydroxylation is 1. The van der Waals surface area contributed by atoms with Crippen molar-refractivity contribution < 1.29 is 9.52 Å². The van der Waals surface area contributed by atoms with Crippen LogP contribution >= 0.6 is 0 Å². The number of nitrogens with zero attached hydrogens (tertiary/aromatic N) is 3. The predicted molar refractivity (Wildman–Crippen MR) is 144 cm³/mol. The van der Waals surface area contributed by atoms with Gasteiger partial charge in [0.15, 0.2) is 0 Å². The lowest BCUT2D eigenvalue weighted by Gasteiger charge is -2.08. The van der Waals surface area contributed by atoms with Gasteiger partial charge in [0.1, 0.15) is 22.7 Å². The topological polar surface area (TPSA) is 64.1 Å². The van der Waals surface area contributed by atoms with Crippen LogP contribution in [0.3, 0.4) is 0 Å². The van der Waals surface area contributed by atoms with Crippen molar-refractivity contribution in [3.8, 4) is 39.5 Å². The van der Waals surface area contributed by atoms with E-state index in [1.807, 2.05) is 84.5 Å². The number of hydrogen-bond donors (Lipinski definition) is 1. The summed E-state index contributed by atoms with van der Waals surface area (Å²) in [4.78, 5) is 9.64. The van der Waals surface area contributed by atoms with Crippen LogP contribution in [-0.2, 0) is 7.05 Å². The number of imidazole rings is 1. The molecule has 1 N–H and O–H groups in total. The fourth-order valence-corrected chi connectivity index (χ4v) is 5.04. The number of phenols is 1. The van der Waals surface area contributed by atoms with E-state index >= 15 is 0 Å². The van der Waals surface area contributed by atoms with Crippen LogP contribution in [0.5, 0.6) is 5.75 Å². The van der Waals surface area contributed by atoms with Crippen molar-refractivity contribution in [1.82, 2.24) is 14.5 Å². The molecule has 0 aliphatic carbocycles. The van der Waals surface area contributed by atoms with E-state index in [2.05, 4.69) is 29.2 Å². The summed E-state index contributed by atoms with van der Waals surface area (Å²) in [6.45, 7) is 0. The average Bonchev–Trinajstić information content (AvgIpc) is 3.47. The molecule has 0 amide bonds. The Kier molecular flexibility index (Phi) is 4.45. The molecule has 0 bridgehead atoms. The molecule has 7 rings (SSSR count). The Balaban J connectivity index is 1.57. The van der Waals surface area contributed by atoms with E-state index in [1.54, 1.807) is 6.07 Å². The monoisotopic (exact) mass is 467 g/mol. The molecule has 0 atom stereocenters. The number of aromatic hydroxyl groups is 1. The zero-order valence-corrected chi connectivity index (χ0v) is 19.5. The summed E-state index contributed by atoms with van der Waals surface area (Å²) < 4.78 is 8.44. The third-order valence-electron chi connectivity index (χ3n) is 6.79. The first-order valence-electron chi connectivity index (χ1n) is 11.8. The summed E-state index contributed by atoms with van der Waals surface area (Å²) in [6, 6.07) is 31.8. The standard InChI is InChI=1S/C31H21N3O2/c1-34-26-13-8-11-21(29(26)33-31(34)22-10-2-4-14-27(22)35)24-18-19(25-12-6-7-16-32-25)17-23-20-9-3-5-15-28(20)36-30(23)24/h2-18,35H,1H3. The van der Waals surface area contributed by atoms with Crippen LogP contribution < -0.4 is 0 Å². The van der Waals surface area contributed by atoms with E-state index in [0.29, 0.717) is 11.4 Å². The first kappa shape index (κ1) is 20.5. The number of hydrogen-bond acceptors (Lipinski definition) is 4. The zero-order chi connectivity index (χ0) is 24.2. The van der Waals surface area contributed by atoms with Crippen LogP contribution in [0.15, 0.2) is 108 Å². The maximum atomic E-state index is 10.5. The van der Waals surface area contributed by atoms with Gasteiger partial charge in [-0.2, -0.15) is 0 Å². The summed E-state index contributed by atoms with van der Waals surface area (Å²) in [5.74, 6) is 0.909. The summed E-state index contributed by atoms with van der Waals surface area (Å²) in [7, 11) is 1.97. The van der Waals surface area contributed by atoms with E-state index in [1.165, 1.54) is 0 Å². The molecule has 0 saturated heterocycles. The van der Waals surface area contributed by atoms with Crippen LogP contribution in [0.1, 0.15) is 0 Å². The quantitative estimate of drug-likeness (QED) is 0.291. The maximum absolute atomic E-state index is 10.5. The van der Waals surface area contributed by atoms with Crippen molar-refractivity contribution in [3.63, 3.8) is 0 Å². The highest BCUT2D eigenvalue weighted by molar-refractivity contribution is 6.13. The molecule has 3 aromatic heterocycles. The fraction of sp³-hybridized carbons (Fsp3) is 0.0323. The Bertz CT molecular complexity index is 1920. The number of para-hydroxylation sites is 3. The third-order valence-corrected chi connectivity index (χ3v) is 6.79. The summed E-state index contributed by atoms with van der Waals surface area (Å²) >= 11 is 0. The molecule has 0 fully saturated rings. The van der Waals surface area contributed by atoms with E-state index in [9.17, 15) is 5.11 Å². The third kappa shape index (κ3) is 3.03. The molecule has 0 aliphatic rings. The fourth-order valence-electron chi connectivity index (χ4n) is 5.04. The Hall–Kier alpha value is -4.90. The molecule has 3 heterocycles. The zero-order valence-electron chi connectivity index (χ0n) is 19.5. The molecule has 0 spiro atoms. The first-order chi connectivity index (χ1) is 17.7. The van der Waals surface area contributed by atoms with Gasteiger partial charge in [-0.15, -0.1) is 0 Å². The summed E-state index contributed by atoms with van der Waals surface area (Å²) in [5.41, 5.74) is 8.00. The molecule has 4 aromatic carbocycles. The average molecular weight is 468 g/mol. The van der Waals surface area contributed by atoms with Crippen LogP contribution in [0, 0.1) is 0 Å². The van der Waals surface area contributed by atoms with Gasteiger partial charge in [-0.25, -0.2) is 4.98 Å². The van der Waals surface area contributed by atoms with Gasteiger partial charge < -0.3 is 14.1 Å². The second kappa shape index (κ2) is 7.82. The number of benzene rings is 4. The van der Waals surface area contributed by atoms with Gasteiger partial charge in [0.2, 0.25) is 0 Å². The molecular formula is C31H21N3O2. The Morgan fingerprint density at radius 1 is 0.750 bits per heavy atom. The van der Waals surface area contributed by atoms with Crippen LogP contribution in [0.2, 0.25) is 0 Å². The van der Waals surface area contributed by atoms with E-state index in [-0.39, 0.29) is 5.75 Å². The second-order valence-corrected chi connectivity index (χ2v) is 8.90. The first-order valence-corrected chi connectivity index (χ1v) is 11.8. The van der Waals surface area contributed by atoms with Gasteiger partial charge in [0.25, 0.3) is 0 Å². The molecule has 5 heteroatoms. The SMILES string of the molecule is Cn1c(-c2ccccc2O)nc2c(-c3cc(-c4ccccn4)cc4c3oc3ccccc34)cccc21. The summed E-state index contributed by atoms with van der Waals surface area (Å²) in [6.07, 6.45) is 1.81. The minimum atomic E-state index is 0.203. The molecule has 0 radical (unpaired) electrons. The van der Waals surface area contributed by atoms with Crippen LogP contribution in [0.25, 0.3) is 66.7 Å². The van der Waals surface area contributed by atoms with E-state index < -0.39 is 0 Å². The number of phenolic OH excluding ortho intramolecular Hbond substituents is 1. The smallest absolute Gasteiger partial charge is 0.144 e. The maximum Gasteiger partial charge on any atom is 0.144 e. The van der Waals surface area contributed by atoms with Gasteiger partial charge in [0.05, 0.1) is 22.3 Å². The highest BCUT2D eigenvalue weighted by atomic mass is 16.3. The molecular weight excluding hydrogens is 446 g/mol. The minimum absolute atomic E-state index is 0.203. The van der Waals surface area contributed by atoms with Gasteiger partial charge >= 0.3 is 0 Å². The lowest BCUT2D eigenvalue weighted by Crippen LogP contribution is -1.92. The number of rotatable bonds is 3. The van der Waals surface area contributed by atoms with Gasteiger partial charge in [0, 0.05) is 40.7 Å². The van der Waals surface area contributed by atoms with Crippen LogP contribution in [0.4, 0.5) is 0 Å². The molecule has 0 aliphatic heterocycles. The molecule has 5 nitrogen and oxygen atoms in total. The Morgan fingerprint density at radius 3 is 2.42 bits per heavy atom. The minimum Gasteiger partial charge on any atom is -0.507 e. The number of aromatic nitrogens is 3. The van der Waals surface area contributed by atoms with Gasteiger partial charge in [-0.3, -0.25) is 4.98 Å². The van der Waals surface area contributed by atoms with Crippen molar-refractivity contribution >= 4 is 33.0 Å². The predicted octanol–water partition coefficient (Wildman–Crippen LogP) is 7.57.